The molecule has 3 nitrogen and oxygen atoms in total. The summed E-state index contributed by atoms with van der Waals surface area (Å²) in [6.07, 6.45) is 2.25. The quantitative estimate of drug-likeness (QED) is 0.897. The van der Waals surface area contributed by atoms with Gasteiger partial charge in [-0.3, -0.25) is 0 Å². The topological polar surface area (TPSA) is 30.5 Å². The molecule has 1 aromatic carbocycles. The van der Waals surface area contributed by atoms with E-state index in [4.69, 9.17) is 9.47 Å². The van der Waals surface area contributed by atoms with Crippen molar-refractivity contribution in [3.63, 3.8) is 0 Å². The van der Waals surface area contributed by atoms with Gasteiger partial charge in [-0.25, -0.2) is 0 Å². The van der Waals surface area contributed by atoms with Gasteiger partial charge < -0.3 is 14.8 Å². The highest BCUT2D eigenvalue weighted by atomic mass is 79.9. The SMILES string of the molecule is CNC(Cc1cc(Br)cc2c1OCC2)C1CSCCO1. The Hall–Kier alpha value is -0.230. The second-order valence-corrected chi connectivity index (χ2v) is 7.30. The number of rotatable bonds is 4. The Labute approximate surface area is 132 Å². The van der Waals surface area contributed by atoms with Gasteiger partial charge in [0, 0.05) is 28.4 Å². The number of fused-ring (bicyclic) bond motifs is 1. The van der Waals surface area contributed by atoms with Crippen LogP contribution in [-0.2, 0) is 17.6 Å². The van der Waals surface area contributed by atoms with E-state index in [0.717, 1.165) is 47.8 Å². The molecule has 2 heterocycles. The Kier molecular flexibility index (Phi) is 4.91. The summed E-state index contributed by atoms with van der Waals surface area (Å²) in [5, 5.41) is 3.42. The largest absolute Gasteiger partial charge is 0.493 e. The third-order valence-electron chi connectivity index (χ3n) is 3.93. The highest BCUT2D eigenvalue weighted by Crippen LogP contribution is 2.34. The van der Waals surface area contributed by atoms with Gasteiger partial charge >= 0.3 is 0 Å². The number of ether oxygens (including phenoxy) is 2. The summed E-state index contributed by atoms with van der Waals surface area (Å²) in [6, 6.07) is 4.70. The molecule has 0 radical (unpaired) electrons. The molecule has 2 atom stereocenters. The van der Waals surface area contributed by atoms with Crippen LogP contribution in [-0.4, -0.2) is 43.9 Å². The molecule has 2 aliphatic heterocycles. The van der Waals surface area contributed by atoms with E-state index in [1.165, 1.54) is 11.1 Å². The smallest absolute Gasteiger partial charge is 0.125 e. The molecular weight excluding hydrogens is 338 g/mol. The molecule has 0 amide bonds. The molecule has 1 N–H and O–H groups in total. The minimum atomic E-state index is 0.287. The van der Waals surface area contributed by atoms with Crippen molar-refractivity contribution in [2.24, 2.45) is 0 Å². The number of halogens is 1. The zero-order valence-electron chi connectivity index (χ0n) is 11.7. The predicted octanol–water partition coefficient (Wildman–Crippen LogP) is 2.65. The van der Waals surface area contributed by atoms with Crippen molar-refractivity contribution >= 4 is 27.7 Å². The molecule has 3 rings (SSSR count). The van der Waals surface area contributed by atoms with Crippen LogP contribution in [0.1, 0.15) is 11.1 Å². The summed E-state index contributed by atoms with van der Waals surface area (Å²) in [7, 11) is 2.02. The standard InChI is InChI=1S/C15H20BrNO2S/c1-17-13(14-9-20-5-4-18-14)8-11-7-12(16)6-10-2-3-19-15(10)11/h6-7,13-14,17H,2-5,8-9H2,1H3. The lowest BCUT2D eigenvalue weighted by atomic mass is 9.99. The molecule has 0 bridgehead atoms. The summed E-state index contributed by atoms with van der Waals surface area (Å²) in [4.78, 5) is 0. The first-order valence-corrected chi connectivity index (χ1v) is 9.03. The summed E-state index contributed by atoms with van der Waals surface area (Å²) >= 11 is 5.59. The lowest BCUT2D eigenvalue weighted by Gasteiger charge is -2.30. The van der Waals surface area contributed by atoms with Gasteiger partial charge in [0.2, 0.25) is 0 Å². The summed E-state index contributed by atoms with van der Waals surface area (Å²) in [5.41, 5.74) is 2.61. The number of benzene rings is 1. The molecule has 0 spiro atoms. The maximum atomic E-state index is 5.92. The zero-order valence-corrected chi connectivity index (χ0v) is 14.1. The van der Waals surface area contributed by atoms with Crippen LogP contribution in [0.5, 0.6) is 5.75 Å². The van der Waals surface area contributed by atoms with Gasteiger partial charge in [0.1, 0.15) is 5.75 Å². The van der Waals surface area contributed by atoms with Crippen LogP contribution in [0, 0.1) is 0 Å². The Morgan fingerprint density at radius 3 is 3.10 bits per heavy atom. The van der Waals surface area contributed by atoms with Crippen molar-refractivity contribution < 1.29 is 9.47 Å². The van der Waals surface area contributed by atoms with E-state index < -0.39 is 0 Å². The monoisotopic (exact) mass is 357 g/mol. The van der Waals surface area contributed by atoms with Crippen LogP contribution in [0.25, 0.3) is 0 Å². The molecule has 1 saturated heterocycles. The Morgan fingerprint density at radius 2 is 2.35 bits per heavy atom. The fourth-order valence-corrected chi connectivity index (χ4v) is 4.39. The van der Waals surface area contributed by atoms with Gasteiger partial charge in [0.15, 0.2) is 0 Å². The average molecular weight is 358 g/mol. The van der Waals surface area contributed by atoms with Crippen LogP contribution in [0.3, 0.4) is 0 Å². The molecule has 2 unspecified atom stereocenters. The van der Waals surface area contributed by atoms with E-state index in [1.807, 2.05) is 18.8 Å². The number of hydrogen-bond acceptors (Lipinski definition) is 4. The van der Waals surface area contributed by atoms with Gasteiger partial charge in [0.05, 0.1) is 19.3 Å². The fourth-order valence-electron chi connectivity index (χ4n) is 2.89. The fraction of sp³-hybridized carbons (Fsp3) is 0.600. The van der Waals surface area contributed by atoms with Crippen LogP contribution in [0.15, 0.2) is 16.6 Å². The minimum Gasteiger partial charge on any atom is -0.493 e. The summed E-state index contributed by atoms with van der Waals surface area (Å²) < 4.78 is 12.9. The highest BCUT2D eigenvalue weighted by Gasteiger charge is 2.26. The number of likely N-dealkylation sites (N-methyl/N-ethyl adjacent to an activating group) is 1. The van der Waals surface area contributed by atoms with Crippen molar-refractivity contribution in [1.82, 2.24) is 5.32 Å². The Bertz CT molecular complexity index is 477. The second-order valence-electron chi connectivity index (χ2n) is 5.24. The highest BCUT2D eigenvalue weighted by molar-refractivity contribution is 9.10. The number of nitrogens with one attached hydrogen (secondary N) is 1. The maximum absolute atomic E-state index is 5.92. The van der Waals surface area contributed by atoms with Crippen LogP contribution in [0.4, 0.5) is 0 Å². The van der Waals surface area contributed by atoms with E-state index in [0.29, 0.717) is 6.04 Å². The van der Waals surface area contributed by atoms with E-state index in [2.05, 4.69) is 33.4 Å². The van der Waals surface area contributed by atoms with Crippen LogP contribution < -0.4 is 10.1 Å². The molecule has 0 aliphatic carbocycles. The second kappa shape index (κ2) is 6.69. The first-order valence-electron chi connectivity index (χ1n) is 7.08. The molecule has 20 heavy (non-hydrogen) atoms. The maximum Gasteiger partial charge on any atom is 0.125 e. The van der Waals surface area contributed by atoms with E-state index in [-0.39, 0.29) is 6.10 Å². The summed E-state index contributed by atoms with van der Waals surface area (Å²) in [6.45, 7) is 1.67. The van der Waals surface area contributed by atoms with Crippen molar-refractivity contribution in [2.75, 3.05) is 31.8 Å². The van der Waals surface area contributed by atoms with Crippen molar-refractivity contribution in [1.29, 1.82) is 0 Å². The molecular formula is C15H20BrNO2S. The average Bonchev–Trinajstić information content (AvgIpc) is 2.93. The molecule has 1 fully saturated rings. The third-order valence-corrected chi connectivity index (χ3v) is 5.40. The Morgan fingerprint density at radius 1 is 1.45 bits per heavy atom. The van der Waals surface area contributed by atoms with Gasteiger partial charge in [-0.15, -0.1) is 0 Å². The van der Waals surface area contributed by atoms with Gasteiger partial charge in [0.25, 0.3) is 0 Å². The Balaban J connectivity index is 1.78. The van der Waals surface area contributed by atoms with E-state index in [9.17, 15) is 0 Å². The molecule has 1 aromatic rings. The van der Waals surface area contributed by atoms with E-state index >= 15 is 0 Å². The van der Waals surface area contributed by atoms with Gasteiger partial charge in [-0.1, -0.05) is 15.9 Å². The van der Waals surface area contributed by atoms with Gasteiger partial charge in [-0.05, 0) is 36.7 Å². The molecule has 0 aromatic heterocycles. The summed E-state index contributed by atoms with van der Waals surface area (Å²) in [5.74, 6) is 3.28. The normalized spacial score (nSPS) is 23.2. The first-order chi connectivity index (χ1) is 9.78. The van der Waals surface area contributed by atoms with Crippen LogP contribution in [0.2, 0.25) is 0 Å². The lowest BCUT2D eigenvalue weighted by Crippen LogP contribution is -2.44. The molecule has 110 valence electrons. The van der Waals surface area contributed by atoms with Crippen molar-refractivity contribution in [2.45, 2.75) is 25.0 Å². The molecule has 5 heteroatoms. The molecule has 2 aliphatic rings. The van der Waals surface area contributed by atoms with Crippen molar-refractivity contribution in [3.8, 4) is 5.75 Å². The van der Waals surface area contributed by atoms with Crippen molar-refractivity contribution in [3.05, 3.63) is 27.7 Å². The third kappa shape index (κ3) is 3.16. The predicted molar refractivity (Wildman–Crippen MR) is 87.0 cm³/mol. The molecule has 0 saturated carbocycles. The van der Waals surface area contributed by atoms with E-state index in [1.54, 1.807) is 0 Å². The number of hydrogen-bond donors (Lipinski definition) is 1. The lowest BCUT2D eigenvalue weighted by molar-refractivity contribution is 0.0491. The number of thioether (sulfide) groups is 1. The minimum absolute atomic E-state index is 0.287. The first kappa shape index (κ1) is 14.7. The zero-order chi connectivity index (χ0) is 13.9. The van der Waals surface area contributed by atoms with Crippen LogP contribution >= 0.6 is 27.7 Å². The van der Waals surface area contributed by atoms with Gasteiger partial charge in [-0.2, -0.15) is 11.8 Å².